The first-order valence-electron chi connectivity index (χ1n) is 6.15. The minimum absolute atomic E-state index is 0.0168. The molecule has 1 saturated heterocycles. The fraction of sp³-hybridized carbons (Fsp3) is 0.583. The minimum Gasteiger partial charge on any atom is -0.382 e. The van der Waals surface area contributed by atoms with Gasteiger partial charge in [-0.15, -0.1) is 0 Å². The van der Waals surface area contributed by atoms with E-state index in [0.29, 0.717) is 12.1 Å². The van der Waals surface area contributed by atoms with E-state index < -0.39 is 24.2 Å². The number of aromatic nitrogens is 2. The molecule has 2 heterocycles. The zero-order valence-corrected chi connectivity index (χ0v) is 10.8. The van der Waals surface area contributed by atoms with Crippen LogP contribution in [0.1, 0.15) is 29.0 Å². The second-order valence-electron chi connectivity index (χ2n) is 4.74. The summed E-state index contributed by atoms with van der Waals surface area (Å²) in [7, 11) is 0. The molecular weight excluding hydrogens is 275 g/mol. The number of likely N-dealkylation sites (tertiary alicyclic amines) is 1. The Morgan fingerprint density at radius 1 is 1.45 bits per heavy atom. The van der Waals surface area contributed by atoms with Crippen molar-refractivity contribution in [2.45, 2.75) is 38.1 Å². The van der Waals surface area contributed by atoms with Crippen molar-refractivity contribution in [1.29, 1.82) is 0 Å². The van der Waals surface area contributed by atoms with E-state index in [1.54, 1.807) is 6.92 Å². The van der Waals surface area contributed by atoms with E-state index in [1.165, 1.54) is 12.4 Å². The molecule has 110 valence electrons. The van der Waals surface area contributed by atoms with Gasteiger partial charge in [0.15, 0.2) is 6.10 Å². The molecule has 2 unspecified atom stereocenters. The lowest BCUT2D eigenvalue weighted by molar-refractivity contribution is -0.216. The van der Waals surface area contributed by atoms with Gasteiger partial charge in [-0.1, -0.05) is 0 Å². The summed E-state index contributed by atoms with van der Waals surface area (Å²) in [5, 5.41) is 9.34. The summed E-state index contributed by atoms with van der Waals surface area (Å²) in [6.07, 6.45) is -4.14. The van der Waals surface area contributed by atoms with E-state index in [1.807, 2.05) is 0 Å². The predicted molar refractivity (Wildman–Crippen MR) is 62.9 cm³/mol. The zero-order valence-electron chi connectivity index (χ0n) is 10.8. The van der Waals surface area contributed by atoms with Gasteiger partial charge >= 0.3 is 6.18 Å². The lowest BCUT2D eigenvalue weighted by Crippen LogP contribution is -2.49. The lowest BCUT2D eigenvalue weighted by atomic mass is 10.1. The Bertz CT molecular complexity index is 490. The molecule has 8 heteroatoms. The molecule has 0 radical (unpaired) electrons. The van der Waals surface area contributed by atoms with Crippen LogP contribution in [0.5, 0.6) is 0 Å². The van der Waals surface area contributed by atoms with Gasteiger partial charge in [0, 0.05) is 12.7 Å². The van der Waals surface area contributed by atoms with Crippen molar-refractivity contribution in [3.8, 4) is 0 Å². The second kappa shape index (κ2) is 5.35. The van der Waals surface area contributed by atoms with Crippen molar-refractivity contribution < 1.29 is 23.1 Å². The van der Waals surface area contributed by atoms with Crippen LogP contribution in [0, 0.1) is 6.92 Å². The van der Waals surface area contributed by atoms with Gasteiger partial charge in [-0.25, -0.2) is 4.98 Å². The van der Waals surface area contributed by atoms with Gasteiger partial charge < -0.3 is 10.0 Å². The fourth-order valence-corrected chi connectivity index (χ4v) is 2.24. The van der Waals surface area contributed by atoms with Gasteiger partial charge in [0.2, 0.25) is 0 Å². The lowest BCUT2D eigenvalue weighted by Gasteiger charge is -2.29. The van der Waals surface area contributed by atoms with Crippen LogP contribution in [0.15, 0.2) is 12.4 Å². The van der Waals surface area contributed by atoms with Crippen LogP contribution in [0.25, 0.3) is 0 Å². The summed E-state index contributed by atoms with van der Waals surface area (Å²) in [6.45, 7) is 1.86. The Morgan fingerprint density at radius 2 is 2.15 bits per heavy atom. The number of carbonyl (C=O) groups is 1. The zero-order chi connectivity index (χ0) is 14.9. The second-order valence-corrected chi connectivity index (χ2v) is 4.74. The number of aliphatic hydroxyl groups is 1. The summed E-state index contributed by atoms with van der Waals surface area (Å²) >= 11 is 0. The normalized spacial score (nSPS) is 21.1. The molecule has 2 atom stereocenters. The highest BCUT2D eigenvalue weighted by molar-refractivity contribution is 5.92. The van der Waals surface area contributed by atoms with Crippen molar-refractivity contribution in [3.63, 3.8) is 0 Å². The number of aliphatic hydroxyl groups excluding tert-OH is 1. The van der Waals surface area contributed by atoms with Crippen LogP contribution < -0.4 is 0 Å². The van der Waals surface area contributed by atoms with E-state index in [9.17, 15) is 23.1 Å². The largest absolute Gasteiger partial charge is 0.416 e. The third-order valence-electron chi connectivity index (χ3n) is 3.26. The fourth-order valence-electron chi connectivity index (χ4n) is 2.24. The molecule has 1 aromatic heterocycles. The average Bonchev–Trinajstić information content (AvgIpc) is 2.85. The maximum absolute atomic E-state index is 12.6. The monoisotopic (exact) mass is 289 g/mol. The maximum Gasteiger partial charge on any atom is 0.416 e. The number of amides is 1. The smallest absolute Gasteiger partial charge is 0.382 e. The Labute approximate surface area is 113 Å². The molecule has 1 aliphatic heterocycles. The third kappa shape index (κ3) is 2.90. The summed E-state index contributed by atoms with van der Waals surface area (Å²) in [5.41, 5.74) is 0.590. The molecule has 0 saturated carbocycles. The van der Waals surface area contributed by atoms with E-state index in [4.69, 9.17) is 0 Å². The van der Waals surface area contributed by atoms with Crippen LogP contribution in [0.4, 0.5) is 13.2 Å². The Balaban J connectivity index is 2.18. The van der Waals surface area contributed by atoms with E-state index in [2.05, 4.69) is 9.97 Å². The van der Waals surface area contributed by atoms with Crippen molar-refractivity contribution in [2.75, 3.05) is 6.54 Å². The molecule has 5 nitrogen and oxygen atoms in total. The summed E-state index contributed by atoms with van der Waals surface area (Å²) in [6, 6.07) is -1.26. The summed E-state index contributed by atoms with van der Waals surface area (Å²) in [4.78, 5) is 20.9. The predicted octanol–water partition coefficient (Wildman–Crippen LogP) is 1.31. The summed E-state index contributed by atoms with van der Waals surface area (Å²) < 4.78 is 37.7. The highest BCUT2D eigenvalue weighted by Gasteiger charge is 2.48. The number of aryl methyl sites for hydroxylation is 1. The van der Waals surface area contributed by atoms with Crippen molar-refractivity contribution in [3.05, 3.63) is 23.8 Å². The molecule has 1 fully saturated rings. The first-order valence-corrected chi connectivity index (χ1v) is 6.15. The number of hydrogen-bond donors (Lipinski definition) is 1. The molecule has 1 N–H and O–H groups in total. The Kier molecular flexibility index (Phi) is 3.94. The van der Waals surface area contributed by atoms with Crippen LogP contribution in [0.2, 0.25) is 0 Å². The number of hydrogen-bond acceptors (Lipinski definition) is 4. The first kappa shape index (κ1) is 14.7. The highest BCUT2D eigenvalue weighted by atomic mass is 19.4. The highest BCUT2D eigenvalue weighted by Crippen LogP contribution is 2.31. The van der Waals surface area contributed by atoms with Gasteiger partial charge in [0.1, 0.15) is 5.69 Å². The summed E-state index contributed by atoms with van der Waals surface area (Å²) in [5.74, 6) is -0.636. The number of halogens is 3. The van der Waals surface area contributed by atoms with Crippen LogP contribution in [-0.2, 0) is 0 Å². The minimum atomic E-state index is -4.74. The Morgan fingerprint density at radius 3 is 2.70 bits per heavy atom. The van der Waals surface area contributed by atoms with E-state index in [-0.39, 0.29) is 18.7 Å². The van der Waals surface area contributed by atoms with Gasteiger partial charge in [-0.3, -0.25) is 9.78 Å². The molecule has 0 bridgehead atoms. The molecule has 20 heavy (non-hydrogen) atoms. The molecule has 0 spiro atoms. The maximum atomic E-state index is 12.6. The average molecular weight is 289 g/mol. The standard InChI is InChI=1S/C12H14F3N3O2/c1-7-5-17-8(6-16-7)11(20)18-4-2-3-9(18)10(19)12(13,14)15/h5-6,9-10,19H,2-4H2,1H3. The van der Waals surface area contributed by atoms with E-state index >= 15 is 0 Å². The SMILES string of the molecule is Cc1cnc(C(=O)N2CCCC2C(O)C(F)(F)F)cn1. The topological polar surface area (TPSA) is 66.3 Å². The molecule has 1 aromatic rings. The van der Waals surface area contributed by atoms with Crippen LogP contribution in [-0.4, -0.2) is 50.7 Å². The molecule has 2 rings (SSSR count). The third-order valence-corrected chi connectivity index (χ3v) is 3.26. The Hall–Kier alpha value is -1.70. The van der Waals surface area contributed by atoms with Crippen molar-refractivity contribution in [2.24, 2.45) is 0 Å². The quantitative estimate of drug-likeness (QED) is 0.891. The number of alkyl halides is 3. The van der Waals surface area contributed by atoms with Crippen LogP contribution in [0.3, 0.4) is 0 Å². The van der Waals surface area contributed by atoms with Gasteiger partial charge in [-0.2, -0.15) is 13.2 Å². The van der Waals surface area contributed by atoms with Gasteiger partial charge in [0.05, 0.1) is 17.9 Å². The number of nitrogens with zero attached hydrogens (tertiary/aromatic N) is 3. The van der Waals surface area contributed by atoms with Gasteiger partial charge in [0.25, 0.3) is 5.91 Å². The van der Waals surface area contributed by atoms with Crippen molar-refractivity contribution >= 4 is 5.91 Å². The first-order chi connectivity index (χ1) is 9.30. The van der Waals surface area contributed by atoms with Gasteiger partial charge in [-0.05, 0) is 19.8 Å². The van der Waals surface area contributed by atoms with Crippen LogP contribution >= 0.6 is 0 Å². The molecule has 0 aromatic carbocycles. The number of carbonyl (C=O) groups excluding carboxylic acids is 1. The molecule has 1 amide bonds. The molecule has 0 aliphatic carbocycles. The molecule has 1 aliphatic rings. The van der Waals surface area contributed by atoms with E-state index in [0.717, 1.165) is 4.90 Å². The molecular formula is C12H14F3N3O2. The number of rotatable bonds is 2. The van der Waals surface area contributed by atoms with Crippen molar-refractivity contribution in [1.82, 2.24) is 14.9 Å².